The lowest BCUT2D eigenvalue weighted by atomic mass is 10.1. The molecule has 0 saturated carbocycles. The molecule has 78 valence electrons. The molecule has 14 heavy (non-hydrogen) atoms. The predicted molar refractivity (Wildman–Crippen MR) is 60.0 cm³/mol. The molecule has 1 fully saturated rings. The minimum Gasteiger partial charge on any atom is -0.330 e. The molecule has 1 heterocycles. The number of carbonyl (C=O) groups excluding carboxylic acids is 1. The van der Waals surface area contributed by atoms with E-state index in [9.17, 15) is 4.79 Å². The van der Waals surface area contributed by atoms with Crippen LogP contribution in [0.3, 0.4) is 0 Å². The summed E-state index contributed by atoms with van der Waals surface area (Å²) in [6.07, 6.45) is 2.23. The van der Waals surface area contributed by atoms with Crippen molar-refractivity contribution < 1.29 is 4.79 Å². The highest BCUT2D eigenvalue weighted by atomic mass is 79.9. The molecule has 0 spiro atoms. The van der Waals surface area contributed by atoms with Gasteiger partial charge in [-0.25, -0.2) is 0 Å². The predicted octanol–water partition coefficient (Wildman–Crippen LogP) is 0.895. The molecule has 3 nitrogen and oxygen atoms in total. The van der Waals surface area contributed by atoms with Gasteiger partial charge < -0.3 is 9.80 Å². The van der Waals surface area contributed by atoms with E-state index in [0.29, 0.717) is 6.04 Å². The average Bonchev–Trinajstić information content (AvgIpc) is 2.18. The molecule has 0 aromatic carbocycles. The highest BCUT2D eigenvalue weighted by molar-refractivity contribution is 9.12. The molecule has 1 rings (SSSR count). The summed E-state index contributed by atoms with van der Waals surface area (Å²) in [7, 11) is 4.10. The van der Waals surface area contributed by atoms with E-state index in [-0.39, 0.29) is 5.91 Å². The molecule has 0 aliphatic carbocycles. The molecule has 0 aromatic rings. The Balaban J connectivity index is 2.54. The molecule has 0 radical (unpaired) electrons. The summed E-state index contributed by atoms with van der Waals surface area (Å²) in [5.74, 6) is 2.43. The Hall–Kier alpha value is -0.530. The number of carbonyl (C=O) groups is 1. The van der Waals surface area contributed by atoms with Crippen molar-refractivity contribution in [3.8, 4) is 10.8 Å². The monoisotopic (exact) mass is 258 g/mol. The zero-order chi connectivity index (χ0) is 10.6. The topological polar surface area (TPSA) is 23.6 Å². The van der Waals surface area contributed by atoms with Gasteiger partial charge in [-0.1, -0.05) is 0 Å². The van der Waals surface area contributed by atoms with Crippen LogP contribution in [0.5, 0.6) is 0 Å². The zero-order valence-corrected chi connectivity index (χ0v) is 10.2. The SMILES string of the molecule is CN(C)C1CCCN(C(=O)C#CBr)C1. The number of piperidine rings is 1. The quantitative estimate of drug-likeness (QED) is 0.653. The number of nitrogens with zero attached hydrogens (tertiary/aromatic N) is 2. The van der Waals surface area contributed by atoms with Crippen LogP contribution in [0.15, 0.2) is 0 Å². The Morgan fingerprint density at radius 1 is 1.57 bits per heavy atom. The van der Waals surface area contributed by atoms with E-state index < -0.39 is 0 Å². The first-order valence-electron chi connectivity index (χ1n) is 4.72. The van der Waals surface area contributed by atoms with Gasteiger partial charge >= 0.3 is 0 Å². The third-order valence-electron chi connectivity index (χ3n) is 2.57. The van der Waals surface area contributed by atoms with Gasteiger partial charge in [0.25, 0.3) is 5.91 Å². The fraction of sp³-hybridized carbons (Fsp3) is 0.700. The number of hydrogen-bond acceptors (Lipinski definition) is 2. The summed E-state index contributed by atoms with van der Waals surface area (Å²) in [6, 6.07) is 0.477. The first-order chi connectivity index (χ1) is 6.65. The van der Waals surface area contributed by atoms with Crippen LogP contribution in [0.1, 0.15) is 12.8 Å². The molecule has 1 atom stereocenters. The maximum atomic E-state index is 11.5. The number of likely N-dealkylation sites (N-methyl/N-ethyl adjacent to an activating group) is 1. The summed E-state index contributed by atoms with van der Waals surface area (Å²) in [5.41, 5.74) is 0. The van der Waals surface area contributed by atoms with Crippen molar-refractivity contribution in [3.05, 3.63) is 0 Å². The van der Waals surface area contributed by atoms with Gasteiger partial charge in [-0.3, -0.25) is 4.79 Å². The van der Waals surface area contributed by atoms with Crippen LogP contribution in [-0.2, 0) is 4.79 Å². The van der Waals surface area contributed by atoms with Gasteiger partial charge in [0, 0.05) is 41.0 Å². The molecule has 4 heteroatoms. The van der Waals surface area contributed by atoms with E-state index in [1.807, 2.05) is 4.90 Å². The van der Waals surface area contributed by atoms with Gasteiger partial charge in [0.2, 0.25) is 0 Å². The van der Waals surface area contributed by atoms with Crippen LogP contribution < -0.4 is 0 Å². The smallest absolute Gasteiger partial charge is 0.299 e. The molecule has 0 N–H and O–H groups in total. The summed E-state index contributed by atoms with van der Waals surface area (Å²) < 4.78 is 0. The fourth-order valence-electron chi connectivity index (χ4n) is 1.68. The third-order valence-corrected chi connectivity index (χ3v) is 2.77. The molecular formula is C10H15BrN2O. The second-order valence-corrected chi connectivity index (χ2v) is 4.13. The van der Waals surface area contributed by atoms with Crippen LogP contribution in [-0.4, -0.2) is 48.9 Å². The standard InChI is InChI=1S/C10H15BrN2O/c1-12(2)9-4-3-7-13(8-9)10(14)5-6-11/h9H,3-4,7-8H2,1-2H3. The van der Waals surface area contributed by atoms with E-state index >= 15 is 0 Å². The molecule has 1 aliphatic heterocycles. The van der Waals surface area contributed by atoms with Crippen molar-refractivity contribution in [2.45, 2.75) is 18.9 Å². The Morgan fingerprint density at radius 2 is 2.29 bits per heavy atom. The number of hydrogen-bond donors (Lipinski definition) is 0. The Bertz CT molecular complexity index is 267. The van der Waals surface area contributed by atoms with Gasteiger partial charge in [0.1, 0.15) is 0 Å². The second kappa shape index (κ2) is 5.38. The van der Waals surface area contributed by atoms with Crippen molar-refractivity contribution in [1.29, 1.82) is 0 Å². The summed E-state index contributed by atoms with van der Waals surface area (Å²) >= 11 is 2.94. The minimum absolute atomic E-state index is 0.0755. The second-order valence-electron chi connectivity index (χ2n) is 3.73. The van der Waals surface area contributed by atoms with Crippen LogP contribution in [0.2, 0.25) is 0 Å². The van der Waals surface area contributed by atoms with Crippen molar-refractivity contribution in [2.75, 3.05) is 27.2 Å². The summed E-state index contributed by atoms with van der Waals surface area (Å²) in [6.45, 7) is 1.64. The number of halogens is 1. The molecule has 1 amide bonds. The first-order valence-corrected chi connectivity index (χ1v) is 5.51. The molecular weight excluding hydrogens is 244 g/mol. The molecule has 1 saturated heterocycles. The molecule has 1 unspecified atom stereocenters. The van der Waals surface area contributed by atoms with E-state index in [2.05, 4.69) is 45.7 Å². The fourth-order valence-corrected chi connectivity index (χ4v) is 1.85. The van der Waals surface area contributed by atoms with E-state index in [1.165, 1.54) is 6.42 Å². The summed E-state index contributed by atoms with van der Waals surface area (Å²) in [5, 5.41) is 0. The van der Waals surface area contributed by atoms with Gasteiger partial charge in [0.05, 0.1) is 0 Å². The van der Waals surface area contributed by atoms with Crippen LogP contribution >= 0.6 is 15.9 Å². The normalized spacial score (nSPS) is 21.7. The van der Waals surface area contributed by atoms with Gasteiger partial charge in [-0.15, -0.1) is 0 Å². The van der Waals surface area contributed by atoms with Crippen molar-refractivity contribution in [2.24, 2.45) is 0 Å². The van der Waals surface area contributed by atoms with E-state index in [4.69, 9.17) is 0 Å². The van der Waals surface area contributed by atoms with Gasteiger partial charge in [-0.05, 0) is 31.8 Å². The Kier molecular flexibility index (Phi) is 4.43. The largest absolute Gasteiger partial charge is 0.330 e. The maximum Gasteiger partial charge on any atom is 0.299 e. The lowest BCUT2D eigenvalue weighted by Gasteiger charge is -2.35. The van der Waals surface area contributed by atoms with Crippen molar-refractivity contribution in [3.63, 3.8) is 0 Å². The number of likely N-dealkylation sites (tertiary alicyclic amines) is 1. The lowest BCUT2D eigenvalue weighted by Crippen LogP contribution is -2.47. The van der Waals surface area contributed by atoms with Gasteiger partial charge in [-0.2, -0.15) is 0 Å². The van der Waals surface area contributed by atoms with Gasteiger partial charge in [0.15, 0.2) is 0 Å². The summed E-state index contributed by atoms with van der Waals surface area (Å²) in [4.78, 5) is 17.9. The average molecular weight is 259 g/mol. The third kappa shape index (κ3) is 3.00. The maximum absolute atomic E-state index is 11.5. The Morgan fingerprint density at radius 3 is 2.86 bits per heavy atom. The Labute approximate surface area is 93.6 Å². The number of amides is 1. The number of rotatable bonds is 1. The van der Waals surface area contributed by atoms with E-state index in [0.717, 1.165) is 19.5 Å². The van der Waals surface area contributed by atoms with Crippen molar-refractivity contribution >= 4 is 21.8 Å². The lowest BCUT2D eigenvalue weighted by molar-refractivity contribution is -0.126. The van der Waals surface area contributed by atoms with E-state index in [1.54, 1.807) is 0 Å². The zero-order valence-electron chi connectivity index (χ0n) is 8.59. The minimum atomic E-state index is -0.0755. The van der Waals surface area contributed by atoms with Crippen LogP contribution in [0.25, 0.3) is 0 Å². The highest BCUT2D eigenvalue weighted by Gasteiger charge is 2.23. The van der Waals surface area contributed by atoms with Crippen LogP contribution in [0, 0.1) is 10.8 Å². The molecule has 0 bridgehead atoms. The molecule has 1 aliphatic rings. The first kappa shape index (κ1) is 11.5. The highest BCUT2D eigenvalue weighted by Crippen LogP contribution is 2.13. The molecule has 0 aromatic heterocycles. The van der Waals surface area contributed by atoms with Crippen LogP contribution in [0.4, 0.5) is 0 Å². The van der Waals surface area contributed by atoms with Crippen molar-refractivity contribution in [1.82, 2.24) is 9.80 Å².